The van der Waals surface area contributed by atoms with Crippen LogP contribution in [-0.4, -0.2) is 30.9 Å². The molecule has 0 unspecified atom stereocenters. The van der Waals surface area contributed by atoms with Crippen LogP contribution in [-0.2, 0) is 20.7 Å². The monoisotopic (exact) mass is 293 g/mol. The number of nitrogens with one attached hydrogen (secondary N) is 1. The van der Waals surface area contributed by atoms with Crippen molar-refractivity contribution in [2.75, 3.05) is 13.2 Å². The summed E-state index contributed by atoms with van der Waals surface area (Å²) in [6.07, 6.45) is 3.70. The van der Waals surface area contributed by atoms with Crippen LogP contribution in [0.4, 0.5) is 4.39 Å². The molecule has 5 heteroatoms. The highest BCUT2D eigenvalue weighted by Gasteiger charge is 2.41. The number of halogens is 1. The Morgan fingerprint density at radius 3 is 2.95 bits per heavy atom. The molecule has 21 heavy (non-hydrogen) atoms. The van der Waals surface area contributed by atoms with Gasteiger partial charge in [-0.25, -0.2) is 4.39 Å². The van der Waals surface area contributed by atoms with Crippen molar-refractivity contribution < 1.29 is 18.7 Å². The summed E-state index contributed by atoms with van der Waals surface area (Å²) in [6, 6.07) is 6.21. The lowest BCUT2D eigenvalue weighted by Crippen LogP contribution is -2.46. The van der Waals surface area contributed by atoms with Crippen molar-refractivity contribution in [3.8, 4) is 0 Å². The van der Waals surface area contributed by atoms with Crippen molar-refractivity contribution in [1.82, 2.24) is 5.32 Å². The largest absolute Gasteiger partial charge is 0.353 e. The van der Waals surface area contributed by atoms with E-state index in [1.54, 1.807) is 12.1 Å². The molecule has 2 fully saturated rings. The van der Waals surface area contributed by atoms with Gasteiger partial charge in [0.25, 0.3) is 0 Å². The zero-order valence-electron chi connectivity index (χ0n) is 11.9. The molecular formula is C16H20FNO3. The van der Waals surface area contributed by atoms with Crippen LogP contribution in [0.2, 0.25) is 0 Å². The molecule has 1 aromatic carbocycles. The average molecular weight is 293 g/mol. The van der Waals surface area contributed by atoms with Gasteiger partial charge in [-0.2, -0.15) is 0 Å². The van der Waals surface area contributed by atoms with Gasteiger partial charge in [0.2, 0.25) is 5.91 Å². The summed E-state index contributed by atoms with van der Waals surface area (Å²) in [5.74, 6) is -0.889. The van der Waals surface area contributed by atoms with Crippen molar-refractivity contribution in [3.63, 3.8) is 0 Å². The SMILES string of the molecule is O=C(Cc1cccc(F)c1)N[C@H]1CCCC2(C1)OCCO2. The molecule has 2 aliphatic rings. The van der Waals surface area contributed by atoms with E-state index in [-0.39, 0.29) is 24.2 Å². The number of rotatable bonds is 3. The molecule has 1 amide bonds. The molecule has 1 heterocycles. The van der Waals surface area contributed by atoms with Crippen LogP contribution in [0.5, 0.6) is 0 Å². The lowest BCUT2D eigenvalue weighted by molar-refractivity contribution is -0.182. The van der Waals surface area contributed by atoms with Gasteiger partial charge in [0, 0.05) is 18.9 Å². The van der Waals surface area contributed by atoms with Crippen molar-refractivity contribution in [2.45, 2.75) is 43.9 Å². The fraction of sp³-hybridized carbons (Fsp3) is 0.562. The van der Waals surface area contributed by atoms with Gasteiger partial charge in [0.1, 0.15) is 5.82 Å². The minimum atomic E-state index is -0.491. The second kappa shape index (κ2) is 6.12. The zero-order chi connectivity index (χ0) is 14.7. The predicted molar refractivity (Wildman–Crippen MR) is 75.1 cm³/mol. The van der Waals surface area contributed by atoms with E-state index in [1.165, 1.54) is 12.1 Å². The molecule has 1 N–H and O–H groups in total. The van der Waals surface area contributed by atoms with E-state index in [0.29, 0.717) is 25.2 Å². The molecule has 1 aromatic rings. The number of carbonyl (C=O) groups excluding carboxylic acids is 1. The highest BCUT2D eigenvalue weighted by molar-refractivity contribution is 5.78. The van der Waals surface area contributed by atoms with Crippen LogP contribution < -0.4 is 5.32 Å². The quantitative estimate of drug-likeness (QED) is 0.929. The predicted octanol–water partition coefficient (Wildman–Crippen LogP) is 2.17. The Hall–Kier alpha value is -1.46. The second-order valence-corrected chi connectivity index (χ2v) is 5.78. The van der Waals surface area contributed by atoms with E-state index in [2.05, 4.69) is 5.32 Å². The fourth-order valence-corrected chi connectivity index (χ4v) is 3.19. The molecule has 1 aliphatic heterocycles. The normalized spacial score (nSPS) is 24.1. The Balaban J connectivity index is 1.55. The molecular weight excluding hydrogens is 273 g/mol. The van der Waals surface area contributed by atoms with Gasteiger partial charge in [-0.1, -0.05) is 12.1 Å². The lowest BCUT2D eigenvalue weighted by Gasteiger charge is -2.36. The van der Waals surface area contributed by atoms with Gasteiger partial charge in [-0.3, -0.25) is 4.79 Å². The highest BCUT2D eigenvalue weighted by atomic mass is 19.1. The minimum Gasteiger partial charge on any atom is -0.353 e. The molecule has 4 nitrogen and oxygen atoms in total. The van der Waals surface area contributed by atoms with Gasteiger partial charge in [-0.05, 0) is 30.5 Å². The maximum absolute atomic E-state index is 13.1. The van der Waals surface area contributed by atoms with Crippen molar-refractivity contribution >= 4 is 5.91 Å². The molecule has 0 aromatic heterocycles. The van der Waals surface area contributed by atoms with Gasteiger partial charge in [0.05, 0.1) is 19.6 Å². The third-order valence-corrected chi connectivity index (χ3v) is 4.10. The Bertz CT molecular complexity index is 514. The Kier molecular flexibility index (Phi) is 4.22. The number of ether oxygens (including phenoxy) is 2. The summed E-state index contributed by atoms with van der Waals surface area (Å²) in [5.41, 5.74) is 0.686. The number of carbonyl (C=O) groups is 1. The molecule has 0 bridgehead atoms. The van der Waals surface area contributed by atoms with Crippen LogP contribution in [0.15, 0.2) is 24.3 Å². The first-order chi connectivity index (χ1) is 10.2. The summed E-state index contributed by atoms with van der Waals surface area (Å²) >= 11 is 0. The van der Waals surface area contributed by atoms with Crippen LogP contribution in [0.25, 0.3) is 0 Å². The van der Waals surface area contributed by atoms with Gasteiger partial charge >= 0.3 is 0 Å². The minimum absolute atomic E-state index is 0.0675. The van der Waals surface area contributed by atoms with E-state index in [9.17, 15) is 9.18 Å². The molecule has 1 saturated heterocycles. The summed E-state index contributed by atoms with van der Waals surface area (Å²) < 4.78 is 24.5. The molecule has 114 valence electrons. The van der Waals surface area contributed by atoms with E-state index >= 15 is 0 Å². The Morgan fingerprint density at radius 2 is 2.19 bits per heavy atom. The molecule has 1 spiro atoms. The van der Waals surface area contributed by atoms with Crippen molar-refractivity contribution in [2.24, 2.45) is 0 Å². The summed E-state index contributed by atoms with van der Waals surface area (Å²) in [7, 11) is 0. The van der Waals surface area contributed by atoms with E-state index < -0.39 is 5.79 Å². The van der Waals surface area contributed by atoms with Gasteiger partial charge in [-0.15, -0.1) is 0 Å². The lowest BCUT2D eigenvalue weighted by atomic mass is 9.89. The van der Waals surface area contributed by atoms with E-state index in [4.69, 9.17) is 9.47 Å². The third kappa shape index (κ3) is 3.60. The summed E-state index contributed by atoms with van der Waals surface area (Å²) in [4.78, 5) is 12.1. The molecule has 3 rings (SSSR count). The summed E-state index contributed by atoms with van der Waals surface area (Å²) in [6.45, 7) is 1.26. The summed E-state index contributed by atoms with van der Waals surface area (Å²) in [5, 5.41) is 3.02. The van der Waals surface area contributed by atoms with Crippen molar-refractivity contribution in [3.05, 3.63) is 35.6 Å². The maximum atomic E-state index is 13.1. The van der Waals surface area contributed by atoms with Crippen molar-refractivity contribution in [1.29, 1.82) is 0 Å². The van der Waals surface area contributed by atoms with Crippen LogP contribution >= 0.6 is 0 Å². The van der Waals surface area contributed by atoms with Crippen LogP contribution in [0.3, 0.4) is 0 Å². The average Bonchev–Trinajstić information content (AvgIpc) is 2.86. The second-order valence-electron chi connectivity index (χ2n) is 5.78. The van der Waals surface area contributed by atoms with Gasteiger partial charge in [0.15, 0.2) is 5.79 Å². The first kappa shape index (κ1) is 14.5. The number of hydrogen-bond acceptors (Lipinski definition) is 3. The molecule has 0 radical (unpaired) electrons. The first-order valence-electron chi connectivity index (χ1n) is 7.47. The first-order valence-corrected chi connectivity index (χ1v) is 7.47. The molecule has 1 aliphatic carbocycles. The number of benzene rings is 1. The zero-order valence-corrected chi connectivity index (χ0v) is 11.9. The van der Waals surface area contributed by atoms with E-state index in [0.717, 1.165) is 19.3 Å². The Morgan fingerprint density at radius 1 is 1.38 bits per heavy atom. The van der Waals surface area contributed by atoms with Crippen LogP contribution in [0, 0.1) is 5.82 Å². The topological polar surface area (TPSA) is 47.6 Å². The van der Waals surface area contributed by atoms with Gasteiger partial charge < -0.3 is 14.8 Å². The standard InChI is InChI=1S/C16H20FNO3/c17-13-4-1-3-12(9-13)10-15(19)18-14-5-2-6-16(11-14)20-7-8-21-16/h1,3-4,9,14H,2,5-8,10-11H2,(H,18,19)/t14-/m0/s1. The molecule has 1 atom stereocenters. The maximum Gasteiger partial charge on any atom is 0.224 e. The molecule has 1 saturated carbocycles. The highest BCUT2D eigenvalue weighted by Crippen LogP contribution is 2.35. The van der Waals surface area contributed by atoms with Crippen LogP contribution in [0.1, 0.15) is 31.2 Å². The Labute approximate surface area is 123 Å². The number of hydrogen-bond donors (Lipinski definition) is 1. The third-order valence-electron chi connectivity index (χ3n) is 4.10. The number of amides is 1. The fourth-order valence-electron chi connectivity index (χ4n) is 3.19. The smallest absolute Gasteiger partial charge is 0.224 e. The van der Waals surface area contributed by atoms with E-state index in [1.807, 2.05) is 0 Å².